The largest absolute Gasteiger partial charge is 0.0651 e. The van der Waals surface area contributed by atoms with E-state index < -0.39 is 0 Å². The second-order valence-electron chi connectivity index (χ2n) is 6.07. The minimum atomic E-state index is 0.833. The molecule has 0 aromatic heterocycles. The van der Waals surface area contributed by atoms with Gasteiger partial charge >= 0.3 is 0 Å². The summed E-state index contributed by atoms with van der Waals surface area (Å²) < 4.78 is 0. The van der Waals surface area contributed by atoms with Crippen LogP contribution in [0.25, 0.3) is 0 Å². The van der Waals surface area contributed by atoms with Gasteiger partial charge in [0.25, 0.3) is 0 Å². The molecule has 0 N–H and O–H groups in total. The maximum absolute atomic E-state index is 2.43. The molecule has 0 fully saturated rings. The Balaban J connectivity index is 3.92. The van der Waals surface area contributed by atoms with Gasteiger partial charge in [0.2, 0.25) is 0 Å². The molecule has 0 amide bonds. The molecule has 0 heterocycles. The number of hydrogen-bond donors (Lipinski definition) is 0. The molecule has 0 aliphatic heterocycles. The first-order valence-electron chi connectivity index (χ1n) is 6.90. The van der Waals surface area contributed by atoms with Crippen molar-refractivity contribution in [3.05, 3.63) is 0 Å². The van der Waals surface area contributed by atoms with Crippen molar-refractivity contribution in [1.29, 1.82) is 0 Å². The molecule has 0 rings (SSSR count). The van der Waals surface area contributed by atoms with Crippen molar-refractivity contribution in [2.45, 2.75) is 67.7 Å². The number of hydrogen-bond acceptors (Lipinski definition) is 0. The molecule has 0 aromatic carbocycles. The predicted octanol–water partition coefficient (Wildman–Crippen LogP) is 5.38. The second kappa shape index (κ2) is 7.30. The van der Waals surface area contributed by atoms with Gasteiger partial charge in [-0.3, -0.25) is 0 Å². The van der Waals surface area contributed by atoms with Gasteiger partial charge in [0, 0.05) is 0 Å². The SMILES string of the molecule is CCC(CCC(C)C(C)C(C)C)C(C)C. The van der Waals surface area contributed by atoms with E-state index in [-0.39, 0.29) is 0 Å². The summed E-state index contributed by atoms with van der Waals surface area (Å²) in [5.74, 6) is 4.38. The minimum Gasteiger partial charge on any atom is -0.0651 e. The van der Waals surface area contributed by atoms with Gasteiger partial charge in [-0.25, -0.2) is 0 Å². The Morgan fingerprint density at radius 2 is 1.27 bits per heavy atom. The van der Waals surface area contributed by atoms with Crippen LogP contribution in [0.15, 0.2) is 0 Å². The van der Waals surface area contributed by atoms with E-state index in [9.17, 15) is 0 Å². The molecule has 92 valence electrons. The minimum absolute atomic E-state index is 0.833. The summed E-state index contributed by atoms with van der Waals surface area (Å²) in [4.78, 5) is 0. The molecule has 0 nitrogen and oxygen atoms in total. The monoisotopic (exact) mass is 212 g/mol. The molecule has 0 aliphatic rings. The van der Waals surface area contributed by atoms with Crippen molar-refractivity contribution in [2.24, 2.45) is 29.6 Å². The summed E-state index contributed by atoms with van der Waals surface area (Å²) in [6, 6.07) is 0. The fraction of sp³-hybridized carbons (Fsp3) is 1.00. The summed E-state index contributed by atoms with van der Waals surface area (Å²) in [7, 11) is 0. The highest BCUT2D eigenvalue weighted by Crippen LogP contribution is 2.28. The van der Waals surface area contributed by atoms with Crippen LogP contribution in [0.2, 0.25) is 0 Å². The van der Waals surface area contributed by atoms with Gasteiger partial charge < -0.3 is 0 Å². The Labute approximate surface area is 97.8 Å². The normalized spacial score (nSPS) is 18.2. The molecular formula is C15H32. The van der Waals surface area contributed by atoms with E-state index in [1.807, 2.05) is 0 Å². The molecule has 0 bridgehead atoms. The molecule has 0 radical (unpaired) electrons. The Hall–Kier alpha value is 0. The van der Waals surface area contributed by atoms with Crippen molar-refractivity contribution in [2.75, 3.05) is 0 Å². The zero-order valence-corrected chi connectivity index (χ0v) is 12.0. The first-order valence-corrected chi connectivity index (χ1v) is 6.90. The highest BCUT2D eigenvalue weighted by molar-refractivity contribution is 4.69. The summed E-state index contributed by atoms with van der Waals surface area (Å²) in [5.41, 5.74) is 0. The van der Waals surface area contributed by atoms with Crippen LogP contribution in [0, 0.1) is 29.6 Å². The van der Waals surface area contributed by atoms with Gasteiger partial charge in [0.05, 0.1) is 0 Å². The van der Waals surface area contributed by atoms with Crippen molar-refractivity contribution in [3.8, 4) is 0 Å². The smallest absolute Gasteiger partial charge is 0.0394 e. The van der Waals surface area contributed by atoms with E-state index >= 15 is 0 Å². The second-order valence-corrected chi connectivity index (χ2v) is 6.07. The predicted molar refractivity (Wildman–Crippen MR) is 71.0 cm³/mol. The fourth-order valence-corrected chi connectivity index (χ4v) is 2.41. The molecule has 0 spiro atoms. The molecule has 0 aromatic rings. The average molecular weight is 212 g/mol. The van der Waals surface area contributed by atoms with E-state index in [0.29, 0.717) is 0 Å². The average Bonchev–Trinajstić information content (AvgIpc) is 2.16. The maximum Gasteiger partial charge on any atom is -0.0394 e. The zero-order valence-electron chi connectivity index (χ0n) is 12.0. The van der Waals surface area contributed by atoms with Crippen molar-refractivity contribution in [3.63, 3.8) is 0 Å². The standard InChI is InChI=1S/C15H32/c1-8-15(12(4)5)10-9-13(6)14(7)11(2)3/h11-15H,8-10H2,1-7H3. The summed E-state index contributed by atoms with van der Waals surface area (Å²) in [6.07, 6.45) is 4.18. The van der Waals surface area contributed by atoms with Gasteiger partial charge in [-0.2, -0.15) is 0 Å². The quantitative estimate of drug-likeness (QED) is 0.531. The van der Waals surface area contributed by atoms with Crippen molar-refractivity contribution >= 4 is 0 Å². The van der Waals surface area contributed by atoms with E-state index in [0.717, 1.165) is 29.6 Å². The zero-order chi connectivity index (χ0) is 12.0. The van der Waals surface area contributed by atoms with Crippen LogP contribution >= 0.6 is 0 Å². The lowest BCUT2D eigenvalue weighted by atomic mass is 9.80. The Morgan fingerprint density at radius 3 is 1.60 bits per heavy atom. The fourth-order valence-electron chi connectivity index (χ4n) is 2.41. The highest BCUT2D eigenvalue weighted by atomic mass is 14.2. The van der Waals surface area contributed by atoms with Gasteiger partial charge in [0.1, 0.15) is 0 Å². The third kappa shape index (κ3) is 5.58. The Kier molecular flexibility index (Phi) is 7.30. The van der Waals surface area contributed by atoms with Crippen LogP contribution in [-0.2, 0) is 0 Å². The Morgan fingerprint density at radius 1 is 0.733 bits per heavy atom. The Bertz CT molecular complexity index is 146. The lowest BCUT2D eigenvalue weighted by molar-refractivity contribution is 0.243. The van der Waals surface area contributed by atoms with Crippen LogP contribution in [0.3, 0.4) is 0 Å². The van der Waals surface area contributed by atoms with Gasteiger partial charge in [-0.05, 0) is 36.0 Å². The molecular weight excluding hydrogens is 180 g/mol. The highest BCUT2D eigenvalue weighted by Gasteiger charge is 2.18. The molecule has 0 saturated heterocycles. The van der Waals surface area contributed by atoms with Crippen LogP contribution in [0.5, 0.6) is 0 Å². The molecule has 3 unspecified atom stereocenters. The third-order valence-electron chi connectivity index (χ3n) is 4.41. The molecule has 0 heteroatoms. The van der Waals surface area contributed by atoms with Gasteiger partial charge in [-0.1, -0.05) is 61.3 Å². The van der Waals surface area contributed by atoms with Crippen molar-refractivity contribution < 1.29 is 0 Å². The maximum atomic E-state index is 2.43. The van der Waals surface area contributed by atoms with Gasteiger partial charge in [0.15, 0.2) is 0 Å². The van der Waals surface area contributed by atoms with Crippen LogP contribution in [-0.4, -0.2) is 0 Å². The van der Waals surface area contributed by atoms with Crippen LogP contribution in [0.4, 0.5) is 0 Å². The molecule has 15 heavy (non-hydrogen) atoms. The summed E-state index contributed by atoms with van der Waals surface area (Å²) in [5, 5.41) is 0. The van der Waals surface area contributed by atoms with E-state index in [1.165, 1.54) is 19.3 Å². The first-order chi connectivity index (χ1) is 6.90. The van der Waals surface area contributed by atoms with E-state index in [2.05, 4.69) is 48.5 Å². The van der Waals surface area contributed by atoms with Gasteiger partial charge in [-0.15, -0.1) is 0 Å². The summed E-state index contributed by atoms with van der Waals surface area (Å²) in [6.45, 7) is 16.6. The molecule has 0 saturated carbocycles. The lowest BCUT2D eigenvalue weighted by Gasteiger charge is -2.26. The first kappa shape index (κ1) is 15.0. The topological polar surface area (TPSA) is 0 Å². The molecule has 0 aliphatic carbocycles. The van der Waals surface area contributed by atoms with Crippen LogP contribution in [0.1, 0.15) is 67.7 Å². The lowest BCUT2D eigenvalue weighted by Crippen LogP contribution is -2.16. The van der Waals surface area contributed by atoms with Crippen LogP contribution < -0.4 is 0 Å². The third-order valence-corrected chi connectivity index (χ3v) is 4.41. The summed E-state index contributed by atoms with van der Waals surface area (Å²) >= 11 is 0. The molecule has 3 atom stereocenters. The van der Waals surface area contributed by atoms with E-state index in [1.54, 1.807) is 0 Å². The van der Waals surface area contributed by atoms with E-state index in [4.69, 9.17) is 0 Å². The number of rotatable bonds is 7. The van der Waals surface area contributed by atoms with Crippen molar-refractivity contribution in [1.82, 2.24) is 0 Å².